The summed E-state index contributed by atoms with van der Waals surface area (Å²) in [5, 5.41) is 15.9. The molecular weight excluding hydrogens is 256 g/mol. The highest BCUT2D eigenvalue weighted by atomic mass is 16.3. The highest BCUT2D eigenvalue weighted by Gasteiger charge is 2.30. The normalized spacial score (nSPS) is 21.2. The molecule has 5 nitrogen and oxygen atoms in total. The maximum Gasteiger partial charge on any atom is 0.223 e. The zero-order valence-corrected chi connectivity index (χ0v) is 12.1. The molecule has 2 amide bonds. The Bertz CT molecular complexity index is 347. The van der Waals surface area contributed by atoms with Crippen LogP contribution in [0.5, 0.6) is 0 Å². The highest BCUT2D eigenvalue weighted by molar-refractivity contribution is 5.81. The van der Waals surface area contributed by atoms with Crippen molar-refractivity contribution in [3.05, 3.63) is 0 Å². The van der Waals surface area contributed by atoms with Crippen molar-refractivity contribution in [1.82, 2.24) is 10.6 Å². The SMILES string of the molecule is O=C(CCCNC(=O)C1CC1)NCC1(O)CCCCC1. The van der Waals surface area contributed by atoms with E-state index in [0.29, 0.717) is 25.9 Å². The number of hydrogen-bond donors (Lipinski definition) is 3. The van der Waals surface area contributed by atoms with Gasteiger partial charge in [0.15, 0.2) is 0 Å². The highest BCUT2D eigenvalue weighted by Crippen LogP contribution is 2.28. The van der Waals surface area contributed by atoms with Gasteiger partial charge in [0.05, 0.1) is 5.60 Å². The molecule has 2 fully saturated rings. The first-order valence-electron chi connectivity index (χ1n) is 7.86. The molecule has 2 rings (SSSR count). The van der Waals surface area contributed by atoms with Crippen molar-refractivity contribution >= 4 is 11.8 Å². The third kappa shape index (κ3) is 5.12. The zero-order chi connectivity index (χ0) is 14.4. The topological polar surface area (TPSA) is 78.4 Å². The van der Waals surface area contributed by atoms with Crippen molar-refractivity contribution in [2.24, 2.45) is 5.92 Å². The van der Waals surface area contributed by atoms with Gasteiger partial charge in [0.2, 0.25) is 11.8 Å². The van der Waals surface area contributed by atoms with Gasteiger partial charge in [-0.2, -0.15) is 0 Å². The Morgan fingerprint density at radius 1 is 1.10 bits per heavy atom. The number of carbonyl (C=O) groups excluding carboxylic acids is 2. The molecule has 0 aromatic carbocycles. The standard InChI is InChI=1S/C15H26N2O3/c18-13(5-4-10-16-14(19)12-6-7-12)17-11-15(20)8-2-1-3-9-15/h12,20H,1-11H2,(H,16,19)(H,17,18). The average molecular weight is 282 g/mol. The summed E-state index contributed by atoms with van der Waals surface area (Å²) in [6.07, 6.45) is 7.89. The van der Waals surface area contributed by atoms with E-state index in [-0.39, 0.29) is 17.7 Å². The summed E-state index contributed by atoms with van der Waals surface area (Å²) >= 11 is 0. The van der Waals surface area contributed by atoms with Crippen LogP contribution in [0.3, 0.4) is 0 Å². The number of amides is 2. The molecular formula is C15H26N2O3. The fourth-order valence-corrected chi connectivity index (χ4v) is 2.69. The second-order valence-electron chi connectivity index (χ2n) is 6.23. The summed E-state index contributed by atoms with van der Waals surface area (Å²) in [4.78, 5) is 23.1. The molecule has 2 aliphatic carbocycles. The Morgan fingerprint density at radius 3 is 2.45 bits per heavy atom. The largest absolute Gasteiger partial charge is 0.388 e. The maximum absolute atomic E-state index is 11.7. The first kappa shape index (κ1) is 15.3. The van der Waals surface area contributed by atoms with Crippen LogP contribution in [0.4, 0.5) is 0 Å². The third-order valence-corrected chi connectivity index (χ3v) is 4.23. The minimum Gasteiger partial charge on any atom is -0.388 e. The number of rotatable bonds is 7. The van der Waals surface area contributed by atoms with Gasteiger partial charge in [-0.05, 0) is 32.1 Å². The lowest BCUT2D eigenvalue weighted by atomic mass is 9.85. The van der Waals surface area contributed by atoms with Crippen LogP contribution in [0, 0.1) is 5.92 Å². The lowest BCUT2D eigenvalue weighted by Crippen LogP contribution is -2.44. The van der Waals surface area contributed by atoms with Gasteiger partial charge in [0.1, 0.15) is 0 Å². The van der Waals surface area contributed by atoms with Crippen LogP contribution in [-0.4, -0.2) is 35.6 Å². The van der Waals surface area contributed by atoms with E-state index >= 15 is 0 Å². The van der Waals surface area contributed by atoms with E-state index < -0.39 is 5.60 Å². The molecule has 0 aromatic rings. The van der Waals surface area contributed by atoms with E-state index in [4.69, 9.17) is 0 Å². The van der Waals surface area contributed by atoms with Crippen molar-refractivity contribution in [1.29, 1.82) is 0 Å². The van der Waals surface area contributed by atoms with Crippen LogP contribution < -0.4 is 10.6 Å². The van der Waals surface area contributed by atoms with E-state index in [0.717, 1.165) is 38.5 Å². The van der Waals surface area contributed by atoms with Crippen molar-refractivity contribution in [3.63, 3.8) is 0 Å². The van der Waals surface area contributed by atoms with Gasteiger partial charge in [-0.25, -0.2) is 0 Å². The van der Waals surface area contributed by atoms with Gasteiger partial charge in [0.25, 0.3) is 0 Å². The molecule has 0 saturated heterocycles. The molecule has 0 spiro atoms. The Kier molecular flexibility index (Phi) is 5.40. The van der Waals surface area contributed by atoms with Gasteiger partial charge in [-0.15, -0.1) is 0 Å². The summed E-state index contributed by atoms with van der Waals surface area (Å²) in [5.41, 5.74) is -0.700. The Labute approximate surface area is 120 Å². The summed E-state index contributed by atoms with van der Waals surface area (Å²) in [7, 11) is 0. The minimum atomic E-state index is -0.700. The van der Waals surface area contributed by atoms with Gasteiger partial charge >= 0.3 is 0 Å². The molecule has 0 heterocycles. The van der Waals surface area contributed by atoms with E-state index in [1.54, 1.807) is 0 Å². The minimum absolute atomic E-state index is 0.0373. The molecule has 5 heteroatoms. The summed E-state index contributed by atoms with van der Waals surface area (Å²) in [5.74, 6) is 0.316. The molecule has 20 heavy (non-hydrogen) atoms. The second-order valence-corrected chi connectivity index (χ2v) is 6.23. The number of aliphatic hydroxyl groups is 1. The van der Waals surface area contributed by atoms with Gasteiger partial charge in [-0.3, -0.25) is 9.59 Å². The average Bonchev–Trinajstić information content (AvgIpc) is 3.27. The molecule has 0 atom stereocenters. The predicted octanol–water partition coefficient (Wildman–Crippen LogP) is 1.10. The number of hydrogen-bond acceptors (Lipinski definition) is 3. The van der Waals surface area contributed by atoms with E-state index in [9.17, 15) is 14.7 Å². The number of carbonyl (C=O) groups is 2. The van der Waals surface area contributed by atoms with Crippen molar-refractivity contribution < 1.29 is 14.7 Å². The zero-order valence-electron chi connectivity index (χ0n) is 12.1. The van der Waals surface area contributed by atoms with E-state index in [1.165, 1.54) is 6.42 Å². The van der Waals surface area contributed by atoms with Crippen LogP contribution >= 0.6 is 0 Å². The molecule has 0 bridgehead atoms. The molecule has 2 aliphatic rings. The van der Waals surface area contributed by atoms with Gasteiger partial charge in [0, 0.05) is 25.4 Å². The van der Waals surface area contributed by atoms with Crippen LogP contribution in [0.1, 0.15) is 57.8 Å². The fourth-order valence-electron chi connectivity index (χ4n) is 2.69. The first-order valence-corrected chi connectivity index (χ1v) is 7.86. The summed E-state index contributed by atoms with van der Waals surface area (Å²) in [6, 6.07) is 0. The van der Waals surface area contributed by atoms with E-state index in [1.807, 2.05) is 0 Å². The number of nitrogens with one attached hydrogen (secondary N) is 2. The fraction of sp³-hybridized carbons (Fsp3) is 0.867. The van der Waals surface area contributed by atoms with Crippen LogP contribution in [0.2, 0.25) is 0 Å². The van der Waals surface area contributed by atoms with Crippen LogP contribution in [-0.2, 0) is 9.59 Å². The summed E-state index contributed by atoms with van der Waals surface area (Å²) < 4.78 is 0. The second kappa shape index (κ2) is 7.07. The first-order chi connectivity index (χ1) is 9.59. The Balaban J connectivity index is 1.52. The lowest BCUT2D eigenvalue weighted by Gasteiger charge is -2.32. The Hall–Kier alpha value is -1.10. The van der Waals surface area contributed by atoms with Gasteiger partial charge in [-0.1, -0.05) is 19.3 Å². The summed E-state index contributed by atoms with van der Waals surface area (Å²) in [6.45, 7) is 0.924. The van der Waals surface area contributed by atoms with Crippen LogP contribution in [0.15, 0.2) is 0 Å². The molecule has 3 N–H and O–H groups in total. The molecule has 0 aromatic heterocycles. The monoisotopic (exact) mass is 282 g/mol. The van der Waals surface area contributed by atoms with Crippen molar-refractivity contribution in [2.75, 3.05) is 13.1 Å². The smallest absolute Gasteiger partial charge is 0.223 e. The molecule has 0 unspecified atom stereocenters. The third-order valence-electron chi connectivity index (χ3n) is 4.23. The van der Waals surface area contributed by atoms with E-state index in [2.05, 4.69) is 10.6 Å². The molecule has 0 radical (unpaired) electrons. The van der Waals surface area contributed by atoms with Crippen LogP contribution in [0.25, 0.3) is 0 Å². The maximum atomic E-state index is 11.7. The Morgan fingerprint density at radius 2 is 1.80 bits per heavy atom. The molecule has 2 saturated carbocycles. The van der Waals surface area contributed by atoms with Crippen molar-refractivity contribution in [3.8, 4) is 0 Å². The lowest BCUT2D eigenvalue weighted by molar-refractivity contribution is -0.124. The van der Waals surface area contributed by atoms with Crippen molar-refractivity contribution in [2.45, 2.75) is 63.4 Å². The quantitative estimate of drug-likeness (QED) is 0.612. The molecule has 0 aliphatic heterocycles. The van der Waals surface area contributed by atoms with Gasteiger partial charge < -0.3 is 15.7 Å². The molecule has 114 valence electrons. The predicted molar refractivity (Wildman–Crippen MR) is 76.0 cm³/mol.